The lowest BCUT2D eigenvalue weighted by Gasteiger charge is -2.10. The van der Waals surface area contributed by atoms with Crippen molar-refractivity contribution in [1.82, 2.24) is 0 Å². The summed E-state index contributed by atoms with van der Waals surface area (Å²) in [5, 5.41) is 0. The summed E-state index contributed by atoms with van der Waals surface area (Å²) in [6, 6.07) is 41.8. The quantitative estimate of drug-likeness (QED) is 0.121. The molecule has 7 heteroatoms. The second-order valence-corrected chi connectivity index (χ2v) is 10.2. The third kappa shape index (κ3) is 7.18. The van der Waals surface area contributed by atoms with Crippen molar-refractivity contribution in [2.24, 2.45) is 0 Å². The third-order valence-electron chi connectivity index (χ3n) is 6.85. The molecule has 220 valence electrons. The number of benzene rings is 6. The fourth-order valence-corrected chi connectivity index (χ4v) is 4.62. The van der Waals surface area contributed by atoms with Crippen LogP contribution >= 0.6 is 0 Å². The summed E-state index contributed by atoms with van der Waals surface area (Å²) in [4.78, 5) is 26.7. The van der Waals surface area contributed by atoms with Crippen LogP contribution in [0.3, 0.4) is 0 Å². The van der Waals surface area contributed by atoms with Crippen LogP contribution in [0.1, 0.15) is 31.8 Å². The lowest BCUT2D eigenvalue weighted by Crippen LogP contribution is -2.03. The van der Waals surface area contributed by atoms with Crippen molar-refractivity contribution in [2.75, 3.05) is 11.5 Å². The van der Waals surface area contributed by atoms with Gasteiger partial charge in [0.15, 0.2) is 11.6 Å². The molecular weight excluding hydrogens is 564 g/mol. The highest BCUT2D eigenvalue weighted by molar-refractivity contribution is 6.10. The Morgan fingerprint density at radius 3 is 0.911 bits per heavy atom. The van der Waals surface area contributed by atoms with Crippen molar-refractivity contribution in [1.29, 1.82) is 0 Å². The average Bonchev–Trinajstić information content (AvgIpc) is 3.07. The third-order valence-corrected chi connectivity index (χ3v) is 6.85. The van der Waals surface area contributed by atoms with Gasteiger partial charge in [0.25, 0.3) is 0 Å². The van der Waals surface area contributed by atoms with Gasteiger partial charge in [-0.1, -0.05) is 48.5 Å². The standard InChI is InChI=1S/C38H28N2O5/c39-29-13-17-31(18-14-29)43-33-9-1-5-25(21-33)37(41)27-7-3-11-35(23-27)45-36-12-4-8-28(24-36)38(42)26-6-2-10-34(22-26)44-32-19-15-30(40)16-20-32/h1-24H,39-40H2. The predicted molar refractivity (Wildman–Crippen MR) is 175 cm³/mol. The Labute approximate surface area is 260 Å². The van der Waals surface area contributed by atoms with Crippen LogP contribution in [-0.2, 0) is 0 Å². The first-order valence-corrected chi connectivity index (χ1v) is 14.1. The number of nitrogens with two attached hydrogens (primary N) is 2. The minimum absolute atomic E-state index is 0.187. The normalized spacial score (nSPS) is 10.6. The van der Waals surface area contributed by atoms with E-state index in [0.29, 0.717) is 68.1 Å². The number of anilines is 2. The van der Waals surface area contributed by atoms with Crippen molar-refractivity contribution < 1.29 is 23.8 Å². The Hall–Kier alpha value is -6.34. The zero-order valence-corrected chi connectivity index (χ0v) is 24.1. The molecule has 7 nitrogen and oxygen atoms in total. The van der Waals surface area contributed by atoms with E-state index >= 15 is 0 Å². The molecule has 0 radical (unpaired) electrons. The molecule has 0 bridgehead atoms. The molecular formula is C38H28N2O5. The largest absolute Gasteiger partial charge is 0.457 e. The molecule has 0 saturated heterocycles. The zero-order chi connectivity index (χ0) is 31.2. The Balaban J connectivity index is 1.15. The predicted octanol–water partition coefficient (Wildman–Crippen LogP) is 8.69. The summed E-state index contributed by atoms with van der Waals surface area (Å²) >= 11 is 0. The molecule has 0 aromatic heterocycles. The van der Waals surface area contributed by atoms with Gasteiger partial charge in [0.2, 0.25) is 0 Å². The monoisotopic (exact) mass is 592 g/mol. The Kier molecular flexibility index (Phi) is 8.24. The summed E-state index contributed by atoms with van der Waals surface area (Å²) in [5.41, 5.74) is 14.6. The first kappa shape index (κ1) is 28.8. The minimum atomic E-state index is -0.187. The fraction of sp³-hybridized carbons (Fsp3) is 0. The van der Waals surface area contributed by atoms with Gasteiger partial charge in [-0.25, -0.2) is 0 Å². The number of carbonyl (C=O) groups is 2. The summed E-state index contributed by atoms with van der Waals surface area (Å²) in [5.74, 6) is 2.83. The van der Waals surface area contributed by atoms with Gasteiger partial charge in [-0.05, 0) is 97.1 Å². The van der Waals surface area contributed by atoms with E-state index in [2.05, 4.69) is 0 Å². The van der Waals surface area contributed by atoms with Gasteiger partial charge in [0, 0.05) is 33.6 Å². The van der Waals surface area contributed by atoms with Gasteiger partial charge in [0.1, 0.15) is 34.5 Å². The van der Waals surface area contributed by atoms with E-state index in [1.807, 2.05) is 0 Å². The Morgan fingerprint density at radius 1 is 0.356 bits per heavy atom. The molecule has 0 spiro atoms. The number of carbonyl (C=O) groups excluding carboxylic acids is 2. The van der Waals surface area contributed by atoms with Crippen LogP contribution in [0.15, 0.2) is 146 Å². The summed E-state index contributed by atoms with van der Waals surface area (Å²) in [7, 11) is 0. The molecule has 0 aliphatic rings. The zero-order valence-electron chi connectivity index (χ0n) is 24.1. The highest BCUT2D eigenvalue weighted by Crippen LogP contribution is 2.28. The maximum atomic E-state index is 13.4. The molecule has 0 heterocycles. The molecule has 45 heavy (non-hydrogen) atoms. The van der Waals surface area contributed by atoms with Gasteiger partial charge < -0.3 is 25.7 Å². The molecule has 6 rings (SSSR count). The van der Waals surface area contributed by atoms with Crippen LogP contribution in [0, 0.1) is 0 Å². The smallest absolute Gasteiger partial charge is 0.193 e. The van der Waals surface area contributed by atoms with Crippen molar-refractivity contribution in [3.8, 4) is 34.5 Å². The minimum Gasteiger partial charge on any atom is -0.457 e. The number of nitrogen functional groups attached to an aromatic ring is 2. The fourth-order valence-electron chi connectivity index (χ4n) is 4.62. The molecule has 6 aromatic rings. The van der Waals surface area contributed by atoms with Crippen molar-refractivity contribution >= 4 is 22.9 Å². The van der Waals surface area contributed by atoms with Crippen LogP contribution in [0.2, 0.25) is 0 Å². The lowest BCUT2D eigenvalue weighted by atomic mass is 10.0. The molecule has 0 atom stereocenters. The summed E-state index contributed by atoms with van der Waals surface area (Å²) < 4.78 is 17.9. The number of ketones is 2. The van der Waals surface area contributed by atoms with Gasteiger partial charge in [-0.2, -0.15) is 0 Å². The number of ether oxygens (including phenoxy) is 3. The first-order valence-electron chi connectivity index (χ1n) is 14.1. The molecule has 0 unspecified atom stereocenters. The van der Waals surface area contributed by atoms with E-state index in [1.165, 1.54) is 0 Å². The van der Waals surface area contributed by atoms with E-state index in [-0.39, 0.29) is 11.6 Å². The topological polar surface area (TPSA) is 114 Å². The molecule has 0 aliphatic heterocycles. The Morgan fingerprint density at radius 2 is 0.622 bits per heavy atom. The van der Waals surface area contributed by atoms with E-state index in [0.717, 1.165) is 0 Å². The second kappa shape index (κ2) is 12.9. The number of hydrogen-bond donors (Lipinski definition) is 2. The molecule has 0 amide bonds. The molecule has 4 N–H and O–H groups in total. The van der Waals surface area contributed by atoms with Crippen LogP contribution in [-0.4, -0.2) is 11.6 Å². The molecule has 0 aliphatic carbocycles. The molecule has 6 aromatic carbocycles. The SMILES string of the molecule is Nc1ccc(Oc2cccc(C(=O)c3cccc(Oc4cccc(C(=O)c5cccc(Oc6ccc(N)cc6)c5)c4)c3)c2)cc1. The molecule has 0 saturated carbocycles. The van der Waals surface area contributed by atoms with Gasteiger partial charge in [-0.3, -0.25) is 9.59 Å². The summed E-state index contributed by atoms with van der Waals surface area (Å²) in [6.45, 7) is 0. The van der Waals surface area contributed by atoms with E-state index in [1.54, 1.807) is 146 Å². The van der Waals surface area contributed by atoms with Crippen molar-refractivity contribution in [3.63, 3.8) is 0 Å². The van der Waals surface area contributed by atoms with E-state index in [4.69, 9.17) is 25.7 Å². The second-order valence-electron chi connectivity index (χ2n) is 10.2. The van der Waals surface area contributed by atoms with Crippen molar-refractivity contribution in [2.45, 2.75) is 0 Å². The molecule has 0 fully saturated rings. The first-order chi connectivity index (χ1) is 21.9. The van der Waals surface area contributed by atoms with Gasteiger partial charge in [-0.15, -0.1) is 0 Å². The van der Waals surface area contributed by atoms with E-state index in [9.17, 15) is 9.59 Å². The number of hydrogen-bond acceptors (Lipinski definition) is 7. The maximum Gasteiger partial charge on any atom is 0.193 e. The summed E-state index contributed by atoms with van der Waals surface area (Å²) in [6.07, 6.45) is 0. The van der Waals surface area contributed by atoms with Gasteiger partial charge >= 0.3 is 0 Å². The van der Waals surface area contributed by atoms with Crippen molar-refractivity contribution in [3.05, 3.63) is 168 Å². The highest BCUT2D eigenvalue weighted by atomic mass is 16.5. The maximum absolute atomic E-state index is 13.4. The van der Waals surface area contributed by atoms with Crippen LogP contribution in [0.5, 0.6) is 34.5 Å². The lowest BCUT2D eigenvalue weighted by molar-refractivity contribution is 0.103. The van der Waals surface area contributed by atoms with Crippen LogP contribution in [0.4, 0.5) is 11.4 Å². The van der Waals surface area contributed by atoms with Gasteiger partial charge in [0.05, 0.1) is 0 Å². The van der Waals surface area contributed by atoms with Crippen LogP contribution in [0.25, 0.3) is 0 Å². The van der Waals surface area contributed by atoms with Crippen LogP contribution < -0.4 is 25.7 Å². The average molecular weight is 593 g/mol. The van der Waals surface area contributed by atoms with E-state index < -0.39 is 0 Å². The number of rotatable bonds is 10. The highest BCUT2D eigenvalue weighted by Gasteiger charge is 2.14. The Bertz CT molecular complexity index is 1840.